The third-order valence-corrected chi connectivity index (χ3v) is 4.12. The van der Waals surface area contributed by atoms with Gasteiger partial charge in [-0.25, -0.2) is 4.79 Å². The van der Waals surface area contributed by atoms with E-state index in [-0.39, 0.29) is 6.61 Å². The Labute approximate surface area is 120 Å². The molecule has 0 saturated heterocycles. The Kier molecular flexibility index (Phi) is 7.39. The van der Waals surface area contributed by atoms with Gasteiger partial charge in [0.25, 0.3) is 0 Å². The second-order valence-electron chi connectivity index (χ2n) is 3.93. The number of hydrogen-bond donors (Lipinski definition) is 2. The number of carbonyl (C=O) groups is 1. The van der Waals surface area contributed by atoms with Crippen LogP contribution >= 0.6 is 27.7 Å². The van der Waals surface area contributed by atoms with Crippen LogP contribution in [0.1, 0.15) is 36.0 Å². The Morgan fingerprint density at radius 1 is 1.22 bits per heavy atom. The van der Waals surface area contributed by atoms with Gasteiger partial charge < -0.3 is 10.2 Å². The maximum Gasteiger partial charge on any atom is 0.336 e. The molecule has 1 aromatic rings. The lowest BCUT2D eigenvalue weighted by atomic mass is 10.2. The summed E-state index contributed by atoms with van der Waals surface area (Å²) in [5.41, 5.74) is 0.360. The van der Waals surface area contributed by atoms with Crippen LogP contribution in [0, 0.1) is 0 Å². The third-order valence-electron chi connectivity index (χ3n) is 2.48. The lowest BCUT2D eigenvalue weighted by Crippen LogP contribution is -1.99. The molecule has 0 aliphatic carbocycles. The monoisotopic (exact) mass is 332 g/mol. The number of halogens is 1. The van der Waals surface area contributed by atoms with Gasteiger partial charge in [-0.1, -0.05) is 28.8 Å². The summed E-state index contributed by atoms with van der Waals surface area (Å²) in [7, 11) is 0. The molecule has 0 fully saturated rings. The molecule has 0 atom stereocenters. The highest BCUT2D eigenvalue weighted by atomic mass is 79.9. The molecule has 0 amide bonds. The first-order chi connectivity index (χ1) is 8.65. The van der Waals surface area contributed by atoms with E-state index in [4.69, 9.17) is 10.2 Å². The van der Waals surface area contributed by atoms with Crippen LogP contribution in [0.4, 0.5) is 0 Å². The van der Waals surface area contributed by atoms with Crippen molar-refractivity contribution in [2.75, 3.05) is 12.4 Å². The fourth-order valence-corrected chi connectivity index (χ4v) is 3.14. The predicted octanol–water partition coefficient (Wildman–Crippen LogP) is 3.79. The summed E-state index contributed by atoms with van der Waals surface area (Å²) >= 11 is 4.93. The zero-order valence-electron chi connectivity index (χ0n) is 10.1. The molecule has 1 aromatic carbocycles. The molecule has 18 heavy (non-hydrogen) atoms. The molecule has 1 rings (SSSR count). The first kappa shape index (κ1) is 15.5. The highest BCUT2D eigenvalue weighted by Crippen LogP contribution is 2.27. The van der Waals surface area contributed by atoms with Gasteiger partial charge in [-0.2, -0.15) is 0 Å². The zero-order chi connectivity index (χ0) is 13.4. The van der Waals surface area contributed by atoms with Crippen molar-refractivity contribution < 1.29 is 15.0 Å². The molecule has 0 spiro atoms. The average Bonchev–Trinajstić information content (AvgIpc) is 2.33. The second kappa shape index (κ2) is 8.56. The summed E-state index contributed by atoms with van der Waals surface area (Å²) in [4.78, 5) is 11.9. The number of thioether (sulfide) groups is 1. The molecule has 0 bridgehead atoms. The van der Waals surface area contributed by atoms with Gasteiger partial charge in [0, 0.05) is 16.0 Å². The van der Waals surface area contributed by atoms with E-state index >= 15 is 0 Å². The van der Waals surface area contributed by atoms with E-state index in [0.717, 1.165) is 40.8 Å². The second-order valence-corrected chi connectivity index (χ2v) is 5.98. The fraction of sp³-hybridized carbons (Fsp3) is 0.462. The molecule has 5 heteroatoms. The number of rotatable bonds is 8. The molecule has 0 heterocycles. The molecular weight excluding hydrogens is 316 g/mol. The van der Waals surface area contributed by atoms with E-state index in [0.29, 0.717) is 5.56 Å². The molecule has 0 radical (unpaired) electrons. The number of benzene rings is 1. The molecule has 0 unspecified atom stereocenters. The minimum atomic E-state index is -0.884. The number of aliphatic hydroxyl groups excluding tert-OH is 1. The summed E-state index contributed by atoms with van der Waals surface area (Å²) in [6.45, 7) is 0.252. The van der Waals surface area contributed by atoms with Gasteiger partial charge in [0.1, 0.15) is 0 Å². The van der Waals surface area contributed by atoms with Gasteiger partial charge in [-0.05, 0) is 36.8 Å². The van der Waals surface area contributed by atoms with Crippen molar-refractivity contribution in [2.24, 2.45) is 0 Å². The lowest BCUT2D eigenvalue weighted by molar-refractivity contribution is 0.0693. The van der Waals surface area contributed by atoms with Gasteiger partial charge in [0.15, 0.2) is 0 Å². The largest absolute Gasteiger partial charge is 0.478 e. The number of aromatic carboxylic acids is 1. The highest BCUT2D eigenvalue weighted by molar-refractivity contribution is 9.10. The van der Waals surface area contributed by atoms with Gasteiger partial charge in [0.05, 0.1) is 5.56 Å². The normalized spacial score (nSPS) is 10.6. The standard InChI is InChI=1S/C13H17BrO3S/c14-10-5-6-11(13(16)17)12(9-10)18-8-4-2-1-3-7-15/h5-6,9,15H,1-4,7-8H2,(H,16,17). The Balaban J connectivity index is 2.45. The summed E-state index contributed by atoms with van der Waals surface area (Å²) in [5.74, 6) is 0.0209. The molecule has 0 aliphatic heterocycles. The molecule has 0 aromatic heterocycles. The van der Waals surface area contributed by atoms with E-state index in [1.807, 2.05) is 6.07 Å². The molecule has 0 aliphatic rings. The fourth-order valence-electron chi connectivity index (χ4n) is 1.54. The number of carboxylic acid groups (broad SMARTS) is 1. The van der Waals surface area contributed by atoms with Crippen LogP contribution < -0.4 is 0 Å². The molecule has 100 valence electrons. The van der Waals surface area contributed by atoms with E-state index in [2.05, 4.69) is 15.9 Å². The van der Waals surface area contributed by atoms with Crippen LogP contribution in [0.2, 0.25) is 0 Å². The smallest absolute Gasteiger partial charge is 0.336 e. The van der Waals surface area contributed by atoms with E-state index < -0.39 is 5.97 Å². The minimum absolute atomic E-state index is 0.252. The minimum Gasteiger partial charge on any atom is -0.478 e. The quantitative estimate of drug-likeness (QED) is 0.561. The van der Waals surface area contributed by atoms with Crippen molar-refractivity contribution in [3.63, 3.8) is 0 Å². The van der Waals surface area contributed by atoms with Gasteiger partial charge >= 0.3 is 5.97 Å². The van der Waals surface area contributed by atoms with Crippen molar-refractivity contribution in [3.8, 4) is 0 Å². The van der Waals surface area contributed by atoms with Crippen LogP contribution in [0.3, 0.4) is 0 Å². The average molecular weight is 333 g/mol. The third kappa shape index (κ3) is 5.42. The van der Waals surface area contributed by atoms with Gasteiger partial charge in [-0.3, -0.25) is 0 Å². The van der Waals surface area contributed by atoms with Gasteiger partial charge in [-0.15, -0.1) is 11.8 Å². The van der Waals surface area contributed by atoms with Crippen molar-refractivity contribution in [2.45, 2.75) is 30.6 Å². The summed E-state index contributed by atoms with van der Waals surface area (Å²) in [6, 6.07) is 5.22. The SMILES string of the molecule is O=C(O)c1ccc(Br)cc1SCCCCCCO. The maximum atomic E-state index is 11.1. The Bertz CT molecular complexity index is 396. The van der Waals surface area contributed by atoms with Gasteiger partial charge in [0.2, 0.25) is 0 Å². The molecule has 3 nitrogen and oxygen atoms in total. The Hall–Kier alpha value is -0.520. The van der Waals surface area contributed by atoms with Crippen molar-refractivity contribution in [1.82, 2.24) is 0 Å². The van der Waals surface area contributed by atoms with E-state index in [1.54, 1.807) is 23.9 Å². The lowest BCUT2D eigenvalue weighted by Gasteiger charge is -2.06. The van der Waals surface area contributed by atoms with Crippen LogP contribution in [0.25, 0.3) is 0 Å². The molecular formula is C13H17BrO3S. The summed E-state index contributed by atoms with van der Waals surface area (Å²) in [5, 5.41) is 17.7. The topological polar surface area (TPSA) is 57.5 Å². The first-order valence-corrected chi connectivity index (χ1v) is 7.69. The number of carboxylic acids is 1. The highest BCUT2D eigenvalue weighted by Gasteiger charge is 2.10. The van der Waals surface area contributed by atoms with Crippen LogP contribution in [0.15, 0.2) is 27.6 Å². The van der Waals surface area contributed by atoms with Crippen molar-refractivity contribution in [3.05, 3.63) is 28.2 Å². The van der Waals surface area contributed by atoms with E-state index in [1.165, 1.54) is 0 Å². The number of aliphatic hydroxyl groups is 1. The van der Waals surface area contributed by atoms with Crippen LogP contribution in [0.5, 0.6) is 0 Å². The van der Waals surface area contributed by atoms with Crippen molar-refractivity contribution >= 4 is 33.7 Å². The van der Waals surface area contributed by atoms with Crippen molar-refractivity contribution in [1.29, 1.82) is 0 Å². The van der Waals surface area contributed by atoms with Crippen LogP contribution in [-0.2, 0) is 0 Å². The molecule has 2 N–H and O–H groups in total. The first-order valence-electron chi connectivity index (χ1n) is 5.91. The Morgan fingerprint density at radius 3 is 2.61 bits per heavy atom. The number of unbranched alkanes of at least 4 members (excludes halogenated alkanes) is 3. The zero-order valence-corrected chi connectivity index (χ0v) is 12.5. The van der Waals surface area contributed by atoms with E-state index in [9.17, 15) is 4.79 Å². The summed E-state index contributed by atoms with van der Waals surface area (Å²) < 4.78 is 0.898. The predicted molar refractivity (Wildman–Crippen MR) is 77.4 cm³/mol. The molecule has 0 saturated carbocycles. The number of hydrogen-bond acceptors (Lipinski definition) is 3. The van der Waals surface area contributed by atoms with Crippen LogP contribution in [-0.4, -0.2) is 28.5 Å². The Morgan fingerprint density at radius 2 is 1.94 bits per heavy atom. The maximum absolute atomic E-state index is 11.1. The summed E-state index contributed by atoms with van der Waals surface area (Å²) in [6.07, 6.45) is 3.99.